The van der Waals surface area contributed by atoms with Crippen LogP contribution in [0.3, 0.4) is 0 Å². The van der Waals surface area contributed by atoms with Crippen LogP contribution in [-0.2, 0) is 0 Å². The summed E-state index contributed by atoms with van der Waals surface area (Å²) in [5.41, 5.74) is 3.81. The van der Waals surface area contributed by atoms with Gasteiger partial charge >= 0.3 is 0 Å². The van der Waals surface area contributed by atoms with Gasteiger partial charge < -0.3 is 5.32 Å². The lowest BCUT2D eigenvalue weighted by Crippen LogP contribution is -2.45. The van der Waals surface area contributed by atoms with Crippen molar-refractivity contribution in [2.24, 2.45) is 0 Å². The number of halogens is 2. The number of hydrogen-bond acceptors (Lipinski definition) is 2. The lowest BCUT2D eigenvalue weighted by Gasteiger charge is -2.37. The summed E-state index contributed by atoms with van der Waals surface area (Å²) in [6.45, 7) is 3.78. The molecule has 2 nitrogen and oxygen atoms in total. The van der Waals surface area contributed by atoms with Crippen molar-refractivity contribution in [1.82, 2.24) is 10.2 Å². The van der Waals surface area contributed by atoms with Gasteiger partial charge in [-0.15, -0.1) is 0 Å². The van der Waals surface area contributed by atoms with Crippen molar-refractivity contribution in [2.45, 2.75) is 23.8 Å². The van der Waals surface area contributed by atoms with Gasteiger partial charge in [0, 0.05) is 26.2 Å². The standard InChI is InChI=1S/C20H20F2N2/c21-20(22)17-13-5-1-3-7-15(13)19(24-11-9-23-10-12-24)16-8-4-2-6-14(16)18(17)20/h1-8,17-19,23H,9-12H2/t17-,18+,19?. The summed E-state index contributed by atoms with van der Waals surface area (Å²) >= 11 is 0. The topological polar surface area (TPSA) is 15.3 Å². The molecular weight excluding hydrogens is 306 g/mol. The molecule has 3 aliphatic rings. The van der Waals surface area contributed by atoms with Crippen molar-refractivity contribution in [3.8, 4) is 0 Å². The van der Waals surface area contributed by atoms with E-state index in [2.05, 4.69) is 22.3 Å². The summed E-state index contributed by atoms with van der Waals surface area (Å²) in [5, 5.41) is 3.39. The Morgan fingerprint density at radius 3 is 1.75 bits per heavy atom. The Bertz CT molecular complexity index is 727. The van der Waals surface area contributed by atoms with Gasteiger partial charge in [-0.2, -0.15) is 0 Å². The van der Waals surface area contributed by atoms with E-state index in [1.807, 2.05) is 36.4 Å². The van der Waals surface area contributed by atoms with Crippen molar-refractivity contribution in [3.05, 3.63) is 70.8 Å². The Kier molecular flexibility index (Phi) is 3.10. The molecule has 24 heavy (non-hydrogen) atoms. The van der Waals surface area contributed by atoms with Crippen LogP contribution in [0.4, 0.5) is 8.78 Å². The lowest BCUT2D eigenvalue weighted by molar-refractivity contribution is 0.103. The summed E-state index contributed by atoms with van der Waals surface area (Å²) in [6.07, 6.45) is 0. The van der Waals surface area contributed by atoms with Crippen LogP contribution in [0.15, 0.2) is 48.5 Å². The number of alkyl halides is 2. The van der Waals surface area contributed by atoms with Crippen LogP contribution >= 0.6 is 0 Å². The molecule has 2 aliphatic carbocycles. The molecule has 124 valence electrons. The molecule has 2 fully saturated rings. The van der Waals surface area contributed by atoms with E-state index in [0.29, 0.717) is 0 Å². The van der Waals surface area contributed by atoms with Gasteiger partial charge in [-0.1, -0.05) is 48.5 Å². The maximum atomic E-state index is 14.6. The highest BCUT2D eigenvalue weighted by atomic mass is 19.3. The van der Waals surface area contributed by atoms with Gasteiger partial charge in [0.25, 0.3) is 5.92 Å². The van der Waals surface area contributed by atoms with Gasteiger partial charge in [0.1, 0.15) is 0 Å². The predicted molar refractivity (Wildman–Crippen MR) is 89.6 cm³/mol. The third-order valence-electron chi connectivity index (χ3n) is 5.82. The zero-order valence-electron chi connectivity index (χ0n) is 13.4. The molecule has 1 heterocycles. The van der Waals surface area contributed by atoms with Crippen molar-refractivity contribution < 1.29 is 8.78 Å². The zero-order valence-corrected chi connectivity index (χ0v) is 13.4. The minimum Gasteiger partial charge on any atom is -0.314 e. The van der Waals surface area contributed by atoms with Crippen LogP contribution in [0.25, 0.3) is 0 Å². The maximum Gasteiger partial charge on any atom is 0.263 e. The number of fused-ring (bicyclic) bond motifs is 5. The third kappa shape index (κ3) is 1.93. The molecule has 1 saturated carbocycles. The highest BCUT2D eigenvalue weighted by Gasteiger charge is 2.71. The second-order valence-electron chi connectivity index (χ2n) is 7.08. The van der Waals surface area contributed by atoms with E-state index < -0.39 is 17.8 Å². The number of nitrogens with one attached hydrogen (secondary N) is 1. The van der Waals surface area contributed by atoms with E-state index in [1.165, 1.54) is 0 Å². The number of hydrogen-bond donors (Lipinski definition) is 1. The number of benzene rings is 2. The first-order valence-corrected chi connectivity index (χ1v) is 8.70. The van der Waals surface area contributed by atoms with Gasteiger partial charge in [0.05, 0.1) is 17.9 Å². The molecule has 1 saturated heterocycles. The molecule has 5 rings (SSSR count). The summed E-state index contributed by atoms with van der Waals surface area (Å²) in [7, 11) is 0. The van der Waals surface area contributed by atoms with Gasteiger partial charge in [-0.25, -0.2) is 8.78 Å². The van der Waals surface area contributed by atoms with Gasteiger partial charge in [0.2, 0.25) is 0 Å². The SMILES string of the molecule is FC1(F)[C@@H]2c3ccccc3C(N3CCNCC3)c3ccccc3[C@@H]21. The van der Waals surface area contributed by atoms with Crippen molar-refractivity contribution >= 4 is 0 Å². The first-order valence-electron chi connectivity index (χ1n) is 8.70. The summed E-state index contributed by atoms with van der Waals surface area (Å²) < 4.78 is 29.2. The van der Waals surface area contributed by atoms with Crippen LogP contribution in [0.2, 0.25) is 0 Å². The van der Waals surface area contributed by atoms with Crippen LogP contribution in [0.1, 0.15) is 40.1 Å². The number of nitrogens with zero attached hydrogens (tertiary/aromatic N) is 1. The van der Waals surface area contributed by atoms with Crippen molar-refractivity contribution in [1.29, 1.82) is 0 Å². The average molecular weight is 326 g/mol. The van der Waals surface area contributed by atoms with Crippen molar-refractivity contribution in [3.63, 3.8) is 0 Å². The van der Waals surface area contributed by atoms with Gasteiger partial charge in [-0.05, 0) is 22.3 Å². The number of rotatable bonds is 1. The molecule has 1 N–H and O–H groups in total. The smallest absolute Gasteiger partial charge is 0.263 e. The van der Waals surface area contributed by atoms with Crippen LogP contribution in [0.5, 0.6) is 0 Å². The fraction of sp³-hybridized carbons (Fsp3) is 0.400. The first-order chi connectivity index (χ1) is 11.7. The van der Waals surface area contributed by atoms with E-state index in [9.17, 15) is 8.78 Å². The Hall–Kier alpha value is -1.78. The van der Waals surface area contributed by atoms with Crippen LogP contribution in [0, 0.1) is 0 Å². The fourth-order valence-corrected chi connectivity index (χ4v) is 4.69. The highest BCUT2D eigenvalue weighted by Crippen LogP contribution is 2.70. The number of piperazine rings is 1. The maximum absolute atomic E-state index is 14.6. The lowest BCUT2D eigenvalue weighted by atomic mass is 9.90. The van der Waals surface area contributed by atoms with Crippen molar-refractivity contribution in [2.75, 3.05) is 26.2 Å². The molecule has 0 amide bonds. The normalized spacial score (nSPS) is 30.7. The molecule has 0 aromatic heterocycles. The van der Waals surface area contributed by atoms with Gasteiger partial charge in [0.15, 0.2) is 0 Å². The molecule has 0 spiro atoms. The molecule has 2 aromatic rings. The van der Waals surface area contributed by atoms with Gasteiger partial charge in [-0.3, -0.25) is 4.90 Å². The Balaban J connectivity index is 1.73. The molecule has 4 heteroatoms. The van der Waals surface area contributed by atoms with Crippen LogP contribution in [-0.4, -0.2) is 37.0 Å². The van der Waals surface area contributed by atoms with E-state index in [-0.39, 0.29) is 6.04 Å². The summed E-state index contributed by atoms with van der Waals surface area (Å²) in [4.78, 5) is 2.44. The summed E-state index contributed by atoms with van der Waals surface area (Å²) in [6, 6.07) is 15.8. The third-order valence-corrected chi connectivity index (χ3v) is 5.82. The monoisotopic (exact) mass is 326 g/mol. The van der Waals surface area contributed by atoms with E-state index in [1.54, 1.807) is 0 Å². The zero-order chi connectivity index (χ0) is 16.3. The molecule has 0 radical (unpaired) electrons. The van der Waals surface area contributed by atoms with E-state index in [4.69, 9.17) is 0 Å². The molecule has 2 aromatic carbocycles. The predicted octanol–water partition coefficient (Wildman–Crippen LogP) is 3.51. The minimum atomic E-state index is -2.62. The van der Waals surface area contributed by atoms with E-state index >= 15 is 0 Å². The molecule has 3 atom stereocenters. The quantitative estimate of drug-likeness (QED) is 0.863. The largest absolute Gasteiger partial charge is 0.314 e. The Morgan fingerprint density at radius 1 is 0.792 bits per heavy atom. The molecule has 1 unspecified atom stereocenters. The molecular formula is C20H20F2N2. The van der Waals surface area contributed by atoms with Crippen LogP contribution < -0.4 is 5.32 Å². The second kappa shape index (κ2) is 5.11. The highest BCUT2D eigenvalue weighted by molar-refractivity contribution is 5.56. The minimum absolute atomic E-state index is 0.0862. The Labute approximate surface area is 140 Å². The summed E-state index contributed by atoms with van der Waals surface area (Å²) in [5.74, 6) is -3.95. The molecule has 1 aliphatic heterocycles. The molecule has 0 bridgehead atoms. The Morgan fingerprint density at radius 2 is 1.25 bits per heavy atom. The first kappa shape index (κ1) is 14.6. The second-order valence-corrected chi connectivity index (χ2v) is 7.08. The fourth-order valence-electron chi connectivity index (χ4n) is 4.69. The average Bonchev–Trinajstić information content (AvgIpc) is 3.22. The van der Waals surface area contributed by atoms with E-state index in [0.717, 1.165) is 48.4 Å².